The average molecular weight is 190 g/mol. The van der Waals surface area contributed by atoms with Crippen LogP contribution in [0.4, 0.5) is 0 Å². The summed E-state index contributed by atoms with van der Waals surface area (Å²) in [5.41, 5.74) is -0.272. The van der Waals surface area contributed by atoms with Gasteiger partial charge in [-0.05, 0) is 18.6 Å². The second-order valence-corrected chi connectivity index (χ2v) is 2.17. The number of H-pyrrole nitrogens is 1. The van der Waals surface area contributed by atoms with E-state index in [9.17, 15) is 9.59 Å². The second-order valence-electron chi connectivity index (χ2n) is 2.17. The van der Waals surface area contributed by atoms with Crippen LogP contribution in [0.2, 0.25) is 0 Å². The SMILES string of the molecule is Cc1cc[nH]c(=O)c1C(=O)O.Cl. The van der Waals surface area contributed by atoms with E-state index in [1.165, 1.54) is 6.20 Å². The number of aryl methyl sites for hydroxylation is 1. The predicted molar refractivity (Wildman–Crippen MR) is 46.0 cm³/mol. The summed E-state index contributed by atoms with van der Waals surface area (Å²) in [5, 5.41) is 8.53. The molecule has 0 aliphatic heterocycles. The standard InChI is InChI=1S/C7H7NO3.ClH/c1-4-2-3-8-6(9)5(4)7(10)11;/h2-3H,1H3,(H,8,9)(H,10,11);1H. The number of hydrogen-bond acceptors (Lipinski definition) is 2. The van der Waals surface area contributed by atoms with Crippen LogP contribution in [0.15, 0.2) is 17.1 Å². The van der Waals surface area contributed by atoms with E-state index in [1.54, 1.807) is 13.0 Å². The first-order valence-corrected chi connectivity index (χ1v) is 3.04. The molecule has 0 aliphatic carbocycles. The van der Waals surface area contributed by atoms with Crippen LogP contribution in [0, 0.1) is 6.92 Å². The molecule has 2 N–H and O–H groups in total. The number of rotatable bonds is 1. The number of aromatic amines is 1. The molecule has 0 amide bonds. The van der Waals surface area contributed by atoms with Crippen molar-refractivity contribution in [1.29, 1.82) is 0 Å². The zero-order valence-electron chi connectivity index (χ0n) is 6.33. The quantitative estimate of drug-likeness (QED) is 0.687. The molecule has 1 rings (SSSR count). The molecule has 0 fully saturated rings. The highest BCUT2D eigenvalue weighted by Gasteiger charge is 2.10. The molecule has 0 aliphatic rings. The lowest BCUT2D eigenvalue weighted by molar-refractivity contribution is 0.0694. The van der Waals surface area contributed by atoms with Crippen LogP contribution in [0.1, 0.15) is 15.9 Å². The van der Waals surface area contributed by atoms with E-state index < -0.39 is 11.5 Å². The minimum absolute atomic E-state index is 0. The number of aromatic nitrogens is 1. The molecule has 0 saturated carbocycles. The number of carboxylic acid groups (broad SMARTS) is 1. The minimum Gasteiger partial charge on any atom is -0.477 e. The molecule has 0 bridgehead atoms. The Hall–Kier alpha value is -1.29. The minimum atomic E-state index is -1.19. The normalized spacial score (nSPS) is 8.75. The highest BCUT2D eigenvalue weighted by Crippen LogP contribution is 1.98. The van der Waals surface area contributed by atoms with Crippen molar-refractivity contribution in [1.82, 2.24) is 4.98 Å². The first-order valence-electron chi connectivity index (χ1n) is 3.04. The van der Waals surface area contributed by atoms with Crippen molar-refractivity contribution >= 4 is 18.4 Å². The third-order valence-corrected chi connectivity index (χ3v) is 1.38. The summed E-state index contributed by atoms with van der Waals surface area (Å²) in [6.07, 6.45) is 1.42. The summed E-state index contributed by atoms with van der Waals surface area (Å²) >= 11 is 0. The summed E-state index contributed by atoms with van der Waals surface area (Å²) in [6.45, 7) is 1.58. The van der Waals surface area contributed by atoms with E-state index in [2.05, 4.69) is 4.98 Å². The van der Waals surface area contributed by atoms with Crippen LogP contribution in [-0.4, -0.2) is 16.1 Å². The molecule has 66 valence electrons. The van der Waals surface area contributed by atoms with Gasteiger partial charge in [-0.15, -0.1) is 12.4 Å². The highest BCUT2D eigenvalue weighted by molar-refractivity contribution is 5.88. The number of carbonyl (C=O) groups is 1. The van der Waals surface area contributed by atoms with Crippen LogP contribution >= 0.6 is 12.4 Å². The zero-order valence-corrected chi connectivity index (χ0v) is 7.14. The topological polar surface area (TPSA) is 70.2 Å². The van der Waals surface area contributed by atoms with Crippen molar-refractivity contribution < 1.29 is 9.90 Å². The Morgan fingerprint density at radius 1 is 1.58 bits per heavy atom. The van der Waals surface area contributed by atoms with Gasteiger partial charge in [0, 0.05) is 6.20 Å². The molecule has 0 radical (unpaired) electrons. The molecule has 1 aromatic heterocycles. The molecular weight excluding hydrogens is 182 g/mol. The molecule has 1 aromatic rings. The third kappa shape index (κ3) is 1.85. The molecule has 5 heteroatoms. The van der Waals surface area contributed by atoms with Gasteiger partial charge < -0.3 is 10.1 Å². The number of pyridine rings is 1. The molecular formula is C7H8ClNO3. The van der Waals surface area contributed by atoms with E-state index in [0.717, 1.165) is 0 Å². The maximum atomic E-state index is 10.8. The monoisotopic (exact) mass is 189 g/mol. The van der Waals surface area contributed by atoms with Crippen LogP contribution in [-0.2, 0) is 0 Å². The zero-order chi connectivity index (χ0) is 8.43. The van der Waals surface area contributed by atoms with Gasteiger partial charge in [-0.2, -0.15) is 0 Å². The molecule has 12 heavy (non-hydrogen) atoms. The van der Waals surface area contributed by atoms with Gasteiger partial charge in [0.15, 0.2) is 0 Å². The summed E-state index contributed by atoms with van der Waals surface area (Å²) in [5.74, 6) is -1.19. The van der Waals surface area contributed by atoms with E-state index in [-0.39, 0.29) is 18.0 Å². The smallest absolute Gasteiger partial charge is 0.341 e. The Labute approximate surface area is 74.7 Å². The Bertz CT molecular complexity index is 345. The fraction of sp³-hybridized carbons (Fsp3) is 0.143. The number of halogens is 1. The second kappa shape index (κ2) is 3.92. The van der Waals surface area contributed by atoms with E-state index >= 15 is 0 Å². The van der Waals surface area contributed by atoms with Crippen LogP contribution in [0.25, 0.3) is 0 Å². The molecule has 0 saturated heterocycles. The van der Waals surface area contributed by atoms with Gasteiger partial charge in [0.2, 0.25) is 0 Å². The molecule has 1 heterocycles. The van der Waals surface area contributed by atoms with Gasteiger partial charge in [-0.3, -0.25) is 4.79 Å². The van der Waals surface area contributed by atoms with Gasteiger partial charge in [0.25, 0.3) is 5.56 Å². The van der Waals surface area contributed by atoms with Crippen molar-refractivity contribution in [2.24, 2.45) is 0 Å². The fourth-order valence-corrected chi connectivity index (χ4v) is 0.843. The first kappa shape index (κ1) is 10.7. The van der Waals surface area contributed by atoms with Crippen LogP contribution in [0.5, 0.6) is 0 Å². The lowest BCUT2D eigenvalue weighted by atomic mass is 10.2. The Morgan fingerprint density at radius 2 is 2.17 bits per heavy atom. The van der Waals surface area contributed by atoms with E-state index in [1.807, 2.05) is 0 Å². The van der Waals surface area contributed by atoms with Gasteiger partial charge in [-0.1, -0.05) is 0 Å². The number of carboxylic acids is 1. The molecule has 0 atom stereocenters. The predicted octanol–water partition coefficient (Wildman–Crippen LogP) is 0.803. The van der Waals surface area contributed by atoms with Crippen molar-refractivity contribution in [2.45, 2.75) is 6.92 Å². The van der Waals surface area contributed by atoms with Gasteiger partial charge in [-0.25, -0.2) is 4.79 Å². The Morgan fingerprint density at radius 3 is 2.50 bits per heavy atom. The van der Waals surface area contributed by atoms with Gasteiger partial charge in [0.05, 0.1) is 0 Å². The Balaban J connectivity index is 0.00000121. The Kier molecular flexibility index (Phi) is 3.50. The first-order chi connectivity index (χ1) is 5.13. The molecule has 0 unspecified atom stereocenters. The maximum Gasteiger partial charge on any atom is 0.341 e. The number of aromatic carboxylic acids is 1. The van der Waals surface area contributed by atoms with E-state index in [0.29, 0.717) is 5.56 Å². The molecule has 0 aromatic carbocycles. The van der Waals surface area contributed by atoms with E-state index in [4.69, 9.17) is 5.11 Å². The molecule has 0 spiro atoms. The summed E-state index contributed by atoms with van der Waals surface area (Å²) in [4.78, 5) is 23.6. The summed E-state index contributed by atoms with van der Waals surface area (Å²) < 4.78 is 0. The fourth-order valence-electron chi connectivity index (χ4n) is 0.843. The number of hydrogen-bond donors (Lipinski definition) is 2. The summed E-state index contributed by atoms with van der Waals surface area (Å²) in [7, 11) is 0. The van der Waals surface area contributed by atoms with Crippen molar-refractivity contribution in [2.75, 3.05) is 0 Å². The summed E-state index contributed by atoms with van der Waals surface area (Å²) in [6, 6.07) is 1.55. The van der Waals surface area contributed by atoms with Gasteiger partial charge >= 0.3 is 5.97 Å². The van der Waals surface area contributed by atoms with Crippen molar-refractivity contribution in [3.05, 3.63) is 33.7 Å². The van der Waals surface area contributed by atoms with Gasteiger partial charge in [0.1, 0.15) is 5.56 Å². The van der Waals surface area contributed by atoms with Crippen molar-refractivity contribution in [3.63, 3.8) is 0 Å². The largest absolute Gasteiger partial charge is 0.477 e. The van der Waals surface area contributed by atoms with Crippen molar-refractivity contribution in [3.8, 4) is 0 Å². The lowest BCUT2D eigenvalue weighted by Gasteiger charge is -1.95. The highest BCUT2D eigenvalue weighted by atomic mass is 35.5. The number of nitrogens with one attached hydrogen (secondary N) is 1. The third-order valence-electron chi connectivity index (χ3n) is 1.38. The van der Waals surface area contributed by atoms with Crippen LogP contribution in [0.3, 0.4) is 0 Å². The molecule has 4 nitrogen and oxygen atoms in total. The average Bonchev–Trinajstić information content (AvgIpc) is 1.85. The van der Waals surface area contributed by atoms with Crippen LogP contribution < -0.4 is 5.56 Å². The maximum absolute atomic E-state index is 10.8. The lowest BCUT2D eigenvalue weighted by Crippen LogP contribution is -2.18.